The Balaban J connectivity index is 1.86. The van der Waals surface area contributed by atoms with E-state index >= 15 is 0 Å². The van der Waals surface area contributed by atoms with Gasteiger partial charge >= 0.3 is 6.18 Å². The van der Waals surface area contributed by atoms with Gasteiger partial charge in [-0.3, -0.25) is 14.4 Å². The van der Waals surface area contributed by atoms with Crippen LogP contribution in [0.4, 0.5) is 18.9 Å². The second-order valence-electron chi connectivity index (χ2n) is 6.95. The van der Waals surface area contributed by atoms with Gasteiger partial charge in [0.25, 0.3) is 17.6 Å². The predicted octanol–water partition coefficient (Wildman–Crippen LogP) is 3.69. The van der Waals surface area contributed by atoms with Crippen LogP contribution in [0, 0.1) is 13.8 Å². The fourth-order valence-corrected chi connectivity index (χ4v) is 3.19. The molecular weight excluding hydrogens is 425 g/mol. The van der Waals surface area contributed by atoms with Crippen molar-refractivity contribution in [1.29, 1.82) is 0 Å². The highest BCUT2D eigenvalue weighted by atomic mass is 19.4. The third-order valence-electron chi connectivity index (χ3n) is 4.77. The molecule has 0 saturated heterocycles. The third kappa shape index (κ3) is 4.53. The van der Waals surface area contributed by atoms with E-state index in [-0.39, 0.29) is 28.5 Å². The molecule has 0 atom stereocenters. The highest BCUT2D eigenvalue weighted by molar-refractivity contribution is 6.47. The number of aryl methyl sites for hydroxylation is 1. The normalized spacial score (nSPS) is 11.2. The summed E-state index contributed by atoms with van der Waals surface area (Å²) in [6.45, 7) is 2.99. The molecule has 0 aliphatic carbocycles. The molecule has 166 valence electrons. The molecule has 1 heterocycles. The summed E-state index contributed by atoms with van der Waals surface area (Å²) < 4.78 is 40.3. The molecule has 1 aromatic heterocycles. The number of aromatic nitrogens is 2. The molecule has 0 radical (unpaired) electrons. The van der Waals surface area contributed by atoms with E-state index in [9.17, 15) is 27.6 Å². The molecule has 0 fully saturated rings. The number of Topliss-reactive ketones (excluding diaryl/α,β-unsaturated/α-hetero) is 1. The quantitative estimate of drug-likeness (QED) is 0.464. The first-order valence-electron chi connectivity index (χ1n) is 9.44. The smallest absolute Gasteiger partial charge is 0.355 e. The van der Waals surface area contributed by atoms with Gasteiger partial charge in [0.15, 0.2) is 0 Å². The van der Waals surface area contributed by atoms with Gasteiger partial charge in [0.05, 0.1) is 28.2 Å². The lowest BCUT2D eigenvalue weighted by Crippen LogP contribution is -2.24. The van der Waals surface area contributed by atoms with Crippen LogP contribution < -0.4 is 10.6 Å². The fraction of sp³-hybridized carbons (Fsp3) is 0.182. The molecule has 0 unspecified atom stereocenters. The first kappa shape index (κ1) is 22.7. The maximum absolute atomic E-state index is 13.0. The number of halogens is 3. The Morgan fingerprint density at radius 1 is 1.00 bits per heavy atom. The number of benzene rings is 2. The van der Waals surface area contributed by atoms with E-state index in [4.69, 9.17) is 0 Å². The maximum atomic E-state index is 13.0. The van der Waals surface area contributed by atoms with Crippen LogP contribution in [0.5, 0.6) is 0 Å². The summed E-state index contributed by atoms with van der Waals surface area (Å²) in [5.74, 6) is -2.12. The number of amides is 2. The largest absolute Gasteiger partial charge is 0.416 e. The van der Waals surface area contributed by atoms with Crippen molar-refractivity contribution in [2.24, 2.45) is 0 Å². The van der Waals surface area contributed by atoms with Gasteiger partial charge in [0, 0.05) is 18.3 Å². The van der Waals surface area contributed by atoms with Crippen LogP contribution in [0.1, 0.15) is 37.7 Å². The predicted molar refractivity (Wildman–Crippen MR) is 111 cm³/mol. The van der Waals surface area contributed by atoms with Gasteiger partial charge in [-0.05, 0) is 56.3 Å². The van der Waals surface area contributed by atoms with Gasteiger partial charge in [-0.1, -0.05) is 6.07 Å². The zero-order valence-electron chi connectivity index (χ0n) is 17.4. The lowest BCUT2D eigenvalue weighted by atomic mass is 10.1. The van der Waals surface area contributed by atoms with Gasteiger partial charge in [0.2, 0.25) is 0 Å². The van der Waals surface area contributed by atoms with Gasteiger partial charge < -0.3 is 10.6 Å². The van der Waals surface area contributed by atoms with Gasteiger partial charge in [-0.15, -0.1) is 0 Å². The molecule has 2 amide bonds. The minimum atomic E-state index is -4.53. The molecule has 0 bridgehead atoms. The number of nitrogens with zero attached hydrogens (tertiary/aromatic N) is 2. The Hall–Kier alpha value is -3.95. The molecule has 2 N–H and O–H groups in total. The van der Waals surface area contributed by atoms with Crippen LogP contribution in [-0.4, -0.2) is 34.4 Å². The molecule has 7 nitrogen and oxygen atoms in total. The van der Waals surface area contributed by atoms with Crippen molar-refractivity contribution in [2.45, 2.75) is 20.0 Å². The van der Waals surface area contributed by atoms with E-state index in [0.717, 1.165) is 12.1 Å². The number of ketones is 1. The summed E-state index contributed by atoms with van der Waals surface area (Å²) in [4.78, 5) is 36.9. The van der Waals surface area contributed by atoms with E-state index < -0.39 is 23.4 Å². The highest BCUT2D eigenvalue weighted by Gasteiger charge is 2.31. The Labute approximate surface area is 181 Å². The Bertz CT molecular complexity index is 1200. The lowest BCUT2D eigenvalue weighted by molar-refractivity contribution is -0.137. The maximum Gasteiger partial charge on any atom is 0.416 e. The Morgan fingerprint density at radius 2 is 1.66 bits per heavy atom. The van der Waals surface area contributed by atoms with Gasteiger partial charge in [-0.2, -0.15) is 18.3 Å². The fourth-order valence-electron chi connectivity index (χ4n) is 3.19. The molecule has 0 saturated carbocycles. The molecule has 10 heteroatoms. The molecular formula is C22H19F3N4O3. The second kappa shape index (κ2) is 8.66. The minimum Gasteiger partial charge on any atom is -0.355 e. The number of nitrogens with one attached hydrogen (secondary N) is 2. The van der Waals surface area contributed by atoms with Crippen molar-refractivity contribution in [3.8, 4) is 5.69 Å². The molecule has 3 aromatic rings. The molecule has 0 aliphatic rings. The van der Waals surface area contributed by atoms with Crippen molar-refractivity contribution in [1.82, 2.24) is 15.1 Å². The van der Waals surface area contributed by atoms with E-state index in [2.05, 4.69) is 15.7 Å². The number of hydrogen-bond donors (Lipinski definition) is 2. The number of carbonyl (C=O) groups is 3. The van der Waals surface area contributed by atoms with E-state index in [0.29, 0.717) is 11.3 Å². The van der Waals surface area contributed by atoms with Crippen molar-refractivity contribution >= 4 is 23.3 Å². The second-order valence-corrected chi connectivity index (χ2v) is 6.95. The topological polar surface area (TPSA) is 93.1 Å². The molecule has 32 heavy (non-hydrogen) atoms. The number of alkyl halides is 3. The minimum absolute atomic E-state index is 0.00175. The zero-order valence-corrected chi connectivity index (χ0v) is 17.4. The van der Waals surface area contributed by atoms with Gasteiger partial charge in [-0.25, -0.2) is 4.68 Å². The van der Waals surface area contributed by atoms with Crippen molar-refractivity contribution in [3.63, 3.8) is 0 Å². The summed E-state index contributed by atoms with van der Waals surface area (Å²) in [7, 11) is 1.49. The van der Waals surface area contributed by atoms with E-state index in [1.54, 1.807) is 0 Å². The SMILES string of the molecule is CNC(=O)c1ccc(NC(=O)C(=O)c2c(C)nn(-c3cccc(C(F)(F)F)c3)c2C)cc1. The summed E-state index contributed by atoms with van der Waals surface area (Å²) in [5.41, 5.74) is 0.384. The Kier molecular flexibility index (Phi) is 6.15. The van der Waals surface area contributed by atoms with Crippen molar-refractivity contribution < 1.29 is 27.6 Å². The highest BCUT2D eigenvalue weighted by Crippen LogP contribution is 2.31. The standard InChI is InChI=1S/C22H19F3N4O3/c1-12-18(13(2)29(28-12)17-6-4-5-15(11-17)22(23,24)25)19(30)21(32)27-16-9-7-14(8-10-16)20(31)26-3/h4-11H,1-3H3,(H,26,31)(H,27,32). The lowest BCUT2D eigenvalue weighted by Gasteiger charge is -2.10. The molecule has 2 aromatic carbocycles. The first-order valence-corrected chi connectivity index (χ1v) is 9.44. The summed E-state index contributed by atoms with van der Waals surface area (Å²) in [5, 5.41) is 9.08. The zero-order chi connectivity index (χ0) is 23.6. The van der Waals surface area contributed by atoms with Crippen LogP contribution in [0.25, 0.3) is 5.69 Å². The monoisotopic (exact) mass is 444 g/mol. The van der Waals surface area contributed by atoms with Crippen molar-refractivity contribution in [3.05, 3.63) is 76.6 Å². The third-order valence-corrected chi connectivity index (χ3v) is 4.77. The van der Waals surface area contributed by atoms with Crippen LogP contribution in [0.15, 0.2) is 48.5 Å². The molecule has 0 aliphatic heterocycles. The summed E-state index contributed by atoms with van der Waals surface area (Å²) in [6, 6.07) is 10.4. The van der Waals surface area contributed by atoms with Crippen LogP contribution in [0.2, 0.25) is 0 Å². The van der Waals surface area contributed by atoms with Crippen LogP contribution in [0.3, 0.4) is 0 Å². The van der Waals surface area contributed by atoms with E-state index in [1.165, 1.54) is 62.0 Å². The number of anilines is 1. The van der Waals surface area contributed by atoms with Gasteiger partial charge in [0.1, 0.15) is 0 Å². The number of carbonyl (C=O) groups excluding carboxylic acids is 3. The van der Waals surface area contributed by atoms with E-state index in [1.807, 2.05) is 0 Å². The Morgan fingerprint density at radius 3 is 2.25 bits per heavy atom. The number of rotatable bonds is 5. The first-order chi connectivity index (χ1) is 15.0. The van der Waals surface area contributed by atoms with Crippen molar-refractivity contribution in [2.75, 3.05) is 12.4 Å². The average Bonchev–Trinajstić information content (AvgIpc) is 3.06. The number of hydrogen-bond acceptors (Lipinski definition) is 4. The molecule has 0 spiro atoms. The van der Waals surface area contributed by atoms with Crippen LogP contribution in [-0.2, 0) is 11.0 Å². The average molecular weight is 444 g/mol. The summed E-state index contributed by atoms with van der Waals surface area (Å²) in [6.07, 6.45) is -4.53. The molecule has 3 rings (SSSR count). The summed E-state index contributed by atoms with van der Waals surface area (Å²) >= 11 is 0. The van der Waals surface area contributed by atoms with Crippen LogP contribution >= 0.6 is 0 Å².